The second kappa shape index (κ2) is 29.3. The molecule has 0 fully saturated rings. The average molecular weight is 275 g/mol. The van der Waals surface area contributed by atoms with E-state index in [9.17, 15) is 0 Å². The predicted molar refractivity (Wildman–Crippen MR) is 95.5 cm³/mol. The number of rotatable bonds is 4. The topological polar surface area (TPSA) is 0 Å². The van der Waals surface area contributed by atoms with Crippen molar-refractivity contribution in [3.8, 4) is 0 Å². The Balaban J connectivity index is -0.0000000213. The highest BCUT2D eigenvalue weighted by Gasteiger charge is 1.98. The summed E-state index contributed by atoms with van der Waals surface area (Å²) in [5.41, 5.74) is 0. The first kappa shape index (κ1) is 44.7. The maximum absolute atomic E-state index is 2.43. The zero-order chi connectivity index (χ0) is 7.28. The molecule has 0 radical (unpaired) electrons. The van der Waals surface area contributed by atoms with Gasteiger partial charge in [0.15, 0.2) is 0 Å². The third-order valence-electron chi connectivity index (χ3n) is 0.902. The molecule has 104 valence electrons. The van der Waals surface area contributed by atoms with Crippen molar-refractivity contribution in [2.24, 2.45) is 0 Å². The Hall–Kier alpha value is 0.784. The lowest BCUT2D eigenvalue weighted by Gasteiger charge is -2.03. The number of thioether (sulfide) groups is 1. The Bertz CT molecular complexity index is 58.6. The molecule has 0 atom stereocenters. The minimum Gasteiger partial charge on any atom is -0.169 e. The molecular weight excluding hydrogens is 232 g/mol. The highest BCUT2D eigenvalue weighted by molar-refractivity contribution is 8.01. The molecule has 3 heteroatoms. The number of hydrogen-bond acceptors (Lipinski definition) is 1. The van der Waals surface area contributed by atoms with Gasteiger partial charge in [0.05, 0.1) is 0 Å². The number of hydrogen-bond donors (Lipinski definition) is 0. The van der Waals surface area contributed by atoms with Crippen LogP contribution in [0.4, 0.5) is 0 Å². The molecule has 0 spiro atoms. The molecule has 0 unspecified atom stereocenters. The minimum atomic E-state index is -0.244. The summed E-state index contributed by atoms with van der Waals surface area (Å²) < 4.78 is 0. The molecule has 0 saturated carbocycles. The van der Waals surface area contributed by atoms with Crippen LogP contribution in [0.1, 0.15) is 44.6 Å². The minimum absolute atomic E-state index is 0. The van der Waals surface area contributed by atoms with E-state index in [1.54, 1.807) is 0 Å². The quantitative estimate of drug-likeness (QED) is 0.602. The van der Waals surface area contributed by atoms with Gasteiger partial charge in [-0.05, 0) is 10.8 Å². The fourth-order valence-electron chi connectivity index (χ4n) is 0.539. The van der Waals surface area contributed by atoms with Gasteiger partial charge in [-0.15, -0.1) is 0 Å². The van der Waals surface area contributed by atoms with Crippen molar-refractivity contribution in [1.29, 1.82) is 0 Å². The normalized spacial score (nSPS) is 6.80. The molecule has 0 amide bonds. The molecule has 0 nitrogen and oxygen atoms in total. The second-order valence-corrected chi connectivity index (χ2v) is 12.0. The molecule has 0 rings (SSSR count). The summed E-state index contributed by atoms with van der Waals surface area (Å²) in [5, 5.41) is 2.98. The highest BCUT2D eigenvalue weighted by atomic mass is 32.2. The maximum atomic E-state index is 2.43. The largest absolute Gasteiger partial charge is 0.169 e. The van der Waals surface area contributed by atoms with Gasteiger partial charge >= 0.3 is 0 Å². The Kier molecular flexibility index (Phi) is 87.5. The molecule has 0 aliphatic heterocycles. The molecule has 0 aliphatic rings. The average Bonchev–Trinajstić information content (AvgIpc) is 1.63. The van der Waals surface area contributed by atoms with Crippen LogP contribution in [0.3, 0.4) is 0 Å². The molecular formula is C12H42SSi2. The Morgan fingerprint density at radius 2 is 0.800 bits per heavy atom. The fraction of sp³-hybridized carbons (Fsp3) is 1.00. The lowest BCUT2D eigenvalue weighted by Crippen LogP contribution is -2.10. The Morgan fingerprint density at radius 1 is 0.600 bits per heavy atom. The zero-order valence-corrected chi connectivity index (χ0v) is 10.1. The van der Waals surface area contributed by atoms with Crippen LogP contribution in [0, 0.1) is 0 Å². The van der Waals surface area contributed by atoms with Gasteiger partial charge in [-0.25, -0.2) is 0 Å². The maximum Gasteiger partial charge on any atom is 0.0418 e. The van der Waals surface area contributed by atoms with Gasteiger partial charge in [-0.2, -0.15) is 11.8 Å². The van der Waals surface area contributed by atoms with Gasteiger partial charge < -0.3 is 0 Å². The van der Waals surface area contributed by atoms with Gasteiger partial charge in [0.25, 0.3) is 0 Å². The highest BCUT2D eigenvalue weighted by Crippen LogP contribution is 2.03. The summed E-state index contributed by atoms with van der Waals surface area (Å²) in [7, 11) is -0.488. The van der Waals surface area contributed by atoms with Crippen LogP contribution in [-0.2, 0) is 0 Å². The summed E-state index contributed by atoms with van der Waals surface area (Å²) in [6.07, 6.45) is 0. The SMILES string of the molecule is C.C.C.C.C.C.C[SiH](C)CSC[SiH](C)C. The van der Waals surface area contributed by atoms with E-state index in [2.05, 4.69) is 37.9 Å². The van der Waals surface area contributed by atoms with Crippen molar-refractivity contribution in [2.75, 3.05) is 10.8 Å². The third kappa shape index (κ3) is 52.5. The van der Waals surface area contributed by atoms with Gasteiger partial charge in [0.2, 0.25) is 0 Å². The summed E-state index contributed by atoms with van der Waals surface area (Å²) >= 11 is 2.19. The van der Waals surface area contributed by atoms with Crippen LogP contribution >= 0.6 is 11.8 Å². The van der Waals surface area contributed by atoms with E-state index in [1.807, 2.05) is 0 Å². The van der Waals surface area contributed by atoms with Gasteiger partial charge in [0, 0.05) is 17.6 Å². The monoisotopic (exact) mass is 274 g/mol. The lowest BCUT2D eigenvalue weighted by molar-refractivity contribution is 1.81. The Morgan fingerprint density at radius 3 is 0.933 bits per heavy atom. The second-order valence-electron chi connectivity index (χ2n) is 3.33. The molecule has 0 aromatic carbocycles. The first-order chi connectivity index (χ1) is 4.13. The van der Waals surface area contributed by atoms with E-state index in [-0.39, 0.29) is 62.2 Å². The van der Waals surface area contributed by atoms with Gasteiger partial charge in [0.1, 0.15) is 0 Å². The summed E-state index contributed by atoms with van der Waals surface area (Å²) in [6.45, 7) is 9.70. The van der Waals surface area contributed by atoms with Crippen molar-refractivity contribution in [3.63, 3.8) is 0 Å². The van der Waals surface area contributed by atoms with Gasteiger partial charge in [-0.3, -0.25) is 0 Å². The van der Waals surface area contributed by atoms with Crippen LogP contribution in [0.5, 0.6) is 0 Å². The summed E-state index contributed by atoms with van der Waals surface area (Å²) in [4.78, 5) is 0. The molecule has 0 saturated heterocycles. The molecule has 0 N–H and O–H groups in total. The predicted octanol–water partition coefficient (Wildman–Crippen LogP) is 5.59. The summed E-state index contributed by atoms with van der Waals surface area (Å²) in [5.74, 6) is 0. The van der Waals surface area contributed by atoms with E-state index in [1.165, 1.54) is 10.8 Å². The Labute approximate surface area is 111 Å². The fourth-order valence-corrected chi connectivity index (χ4v) is 6.08. The van der Waals surface area contributed by atoms with E-state index < -0.39 is 0 Å². The van der Waals surface area contributed by atoms with Crippen LogP contribution in [-0.4, -0.2) is 28.3 Å². The first-order valence-corrected chi connectivity index (χ1v) is 11.1. The van der Waals surface area contributed by atoms with E-state index in [0.717, 1.165) is 0 Å². The van der Waals surface area contributed by atoms with Crippen LogP contribution < -0.4 is 0 Å². The van der Waals surface area contributed by atoms with Crippen molar-refractivity contribution < 1.29 is 0 Å². The van der Waals surface area contributed by atoms with Crippen LogP contribution in [0.2, 0.25) is 26.2 Å². The smallest absolute Gasteiger partial charge is 0.0418 e. The van der Waals surface area contributed by atoms with Gasteiger partial charge in [-0.1, -0.05) is 70.7 Å². The van der Waals surface area contributed by atoms with Crippen LogP contribution in [0.15, 0.2) is 0 Å². The lowest BCUT2D eigenvalue weighted by atomic mass is 11.8. The molecule has 0 heterocycles. The van der Waals surface area contributed by atoms with Crippen molar-refractivity contribution in [2.45, 2.75) is 70.7 Å². The molecule has 0 bridgehead atoms. The summed E-state index contributed by atoms with van der Waals surface area (Å²) in [6, 6.07) is 0. The van der Waals surface area contributed by atoms with Crippen LogP contribution in [0.25, 0.3) is 0 Å². The van der Waals surface area contributed by atoms with E-state index >= 15 is 0 Å². The van der Waals surface area contributed by atoms with Crippen molar-refractivity contribution in [1.82, 2.24) is 0 Å². The third-order valence-corrected chi connectivity index (χ3v) is 8.12. The molecule has 0 aliphatic carbocycles. The first-order valence-electron chi connectivity index (χ1n) is 3.70. The zero-order valence-electron chi connectivity index (χ0n) is 6.98. The van der Waals surface area contributed by atoms with E-state index in [4.69, 9.17) is 0 Å². The molecule has 0 aromatic heterocycles. The van der Waals surface area contributed by atoms with Crippen molar-refractivity contribution in [3.05, 3.63) is 0 Å². The molecule has 15 heavy (non-hydrogen) atoms. The standard InChI is InChI=1S/C6H18SSi2.6CH4/c1-8(2)5-7-6-9(3)4;;;;;;/h8-9H,5-6H2,1-4H3;6*1H4. The molecule has 0 aromatic rings. The van der Waals surface area contributed by atoms with Crippen molar-refractivity contribution >= 4 is 29.4 Å². The van der Waals surface area contributed by atoms with E-state index in [0.29, 0.717) is 0 Å².